The zero-order valence-corrected chi connectivity index (χ0v) is 12.9. The quantitative estimate of drug-likeness (QED) is 0.617. The molecule has 0 aliphatic carbocycles. The van der Waals surface area contributed by atoms with E-state index in [4.69, 9.17) is 0 Å². The van der Waals surface area contributed by atoms with Crippen LogP contribution in [0, 0.1) is 6.07 Å². The fourth-order valence-corrected chi connectivity index (χ4v) is 3.37. The third kappa shape index (κ3) is 6.68. The molecule has 0 nitrogen and oxygen atoms in total. The highest BCUT2D eigenvalue weighted by atomic mass is 32.1. The van der Waals surface area contributed by atoms with Crippen LogP contribution in [0.15, 0.2) is 24.3 Å². The lowest BCUT2D eigenvalue weighted by Crippen LogP contribution is -2.15. The van der Waals surface area contributed by atoms with Crippen molar-refractivity contribution in [3.63, 3.8) is 0 Å². The van der Waals surface area contributed by atoms with E-state index in [1.807, 2.05) is 12.1 Å². The SMILES string of the molecule is CCC(S)CC(S)CC(S)Cc1cc[c]cc1. The van der Waals surface area contributed by atoms with Crippen molar-refractivity contribution in [2.45, 2.75) is 48.4 Å². The van der Waals surface area contributed by atoms with Gasteiger partial charge in [0, 0.05) is 15.7 Å². The zero-order valence-electron chi connectivity index (χ0n) is 10.2. The smallest absolute Gasteiger partial charge is 0.00676 e. The first-order valence-electron chi connectivity index (χ1n) is 6.11. The van der Waals surface area contributed by atoms with Gasteiger partial charge >= 0.3 is 0 Å². The van der Waals surface area contributed by atoms with Gasteiger partial charge in [-0.25, -0.2) is 0 Å². The molecule has 17 heavy (non-hydrogen) atoms. The summed E-state index contributed by atoms with van der Waals surface area (Å²) in [5.74, 6) is 0. The van der Waals surface area contributed by atoms with Crippen molar-refractivity contribution in [1.82, 2.24) is 0 Å². The van der Waals surface area contributed by atoms with Crippen molar-refractivity contribution in [2.75, 3.05) is 0 Å². The molecule has 1 aromatic carbocycles. The molecule has 0 saturated carbocycles. The maximum absolute atomic E-state index is 4.65. The molecule has 0 heterocycles. The van der Waals surface area contributed by atoms with Gasteiger partial charge in [-0.3, -0.25) is 0 Å². The highest BCUT2D eigenvalue weighted by Crippen LogP contribution is 2.21. The lowest BCUT2D eigenvalue weighted by Gasteiger charge is -2.18. The zero-order chi connectivity index (χ0) is 12.7. The Morgan fingerprint density at radius 2 is 1.59 bits per heavy atom. The van der Waals surface area contributed by atoms with E-state index in [0.29, 0.717) is 15.7 Å². The molecule has 1 radical (unpaired) electrons. The molecule has 1 aromatic rings. The van der Waals surface area contributed by atoms with Crippen LogP contribution in [0.3, 0.4) is 0 Å². The van der Waals surface area contributed by atoms with Crippen LogP contribution in [0.25, 0.3) is 0 Å². The number of hydrogen-bond donors (Lipinski definition) is 3. The van der Waals surface area contributed by atoms with Crippen molar-refractivity contribution in [2.24, 2.45) is 0 Å². The molecule has 0 N–H and O–H groups in total. The van der Waals surface area contributed by atoms with E-state index >= 15 is 0 Å². The first-order valence-corrected chi connectivity index (χ1v) is 7.66. The van der Waals surface area contributed by atoms with Crippen molar-refractivity contribution in [3.05, 3.63) is 35.9 Å². The fraction of sp³-hybridized carbons (Fsp3) is 0.571. The Kier molecular flexibility index (Phi) is 7.56. The standard InChI is InChI=1S/C14H21S3/c1-2-12(15)9-14(17)10-13(16)8-11-6-4-3-5-7-11/h4-7,12-17H,2,8-10H2,1H3. The van der Waals surface area contributed by atoms with Crippen LogP contribution in [0.1, 0.15) is 31.7 Å². The molecule has 0 fully saturated rings. The molecular weight excluding hydrogens is 264 g/mol. The topological polar surface area (TPSA) is 0 Å². The van der Waals surface area contributed by atoms with E-state index in [-0.39, 0.29) is 0 Å². The van der Waals surface area contributed by atoms with Gasteiger partial charge in [0.25, 0.3) is 0 Å². The van der Waals surface area contributed by atoms with Crippen LogP contribution < -0.4 is 0 Å². The molecule has 0 aromatic heterocycles. The van der Waals surface area contributed by atoms with Gasteiger partial charge in [-0.05, 0) is 37.3 Å². The minimum Gasteiger partial charge on any atom is -0.176 e. The molecule has 0 bridgehead atoms. The lowest BCUT2D eigenvalue weighted by atomic mass is 10.0. The summed E-state index contributed by atoms with van der Waals surface area (Å²) in [6.45, 7) is 2.16. The number of rotatable bonds is 7. The van der Waals surface area contributed by atoms with Gasteiger partial charge in [0.05, 0.1) is 0 Å². The lowest BCUT2D eigenvalue weighted by molar-refractivity contribution is 0.646. The second-order valence-corrected chi connectivity index (χ2v) is 6.64. The Bertz CT molecular complexity index is 300. The second-order valence-electron chi connectivity index (χ2n) is 4.45. The number of hydrogen-bond acceptors (Lipinski definition) is 3. The summed E-state index contributed by atoms with van der Waals surface area (Å²) in [6.07, 6.45) is 4.19. The minimum absolute atomic E-state index is 0.372. The van der Waals surface area contributed by atoms with E-state index in [2.05, 4.69) is 63.0 Å². The van der Waals surface area contributed by atoms with Crippen molar-refractivity contribution in [3.8, 4) is 0 Å². The second kappa shape index (κ2) is 8.39. The van der Waals surface area contributed by atoms with Crippen LogP contribution in [0.4, 0.5) is 0 Å². The Balaban J connectivity index is 2.31. The Morgan fingerprint density at radius 1 is 1.00 bits per heavy atom. The molecule has 1 rings (SSSR count). The molecule has 0 aliphatic rings. The maximum atomic E-state index is 4.65. The van der Waals surface area contributed by atoms with E-state index in [0.717, 1.165) is 25.7 Å². The molecule has 3 heteroatoms. The Labute approximate surface area is 122 Å². The fourth-order valence-electron chi connectivity index (χ4n) is 1.80. The van der Waals surface area contributed by atoms with E-state index in [1.165, 1.54) is 5.56 Å². The van der Waals surface area contributed by atoms with Crippen LogP contribution in [0.5, 0.6) is 0 Å². The molecule has 0 amide bonds. The predicted molar refractivity (Wildman–Crippen MR) is 86.8 cm³/mol. The summed E-state index contributed by atoms with van der Waals surface area (Å²) in [6, 6.07) is 11.1. The molecular formula is C14H21S3. The molecule has 0 saturated heterocycles. The van der Waals surface area contributed by atoms with E-state index < -0.39 is 0 Å². The van der Waals surface area contributed by atoms with Crippen LogP contribution in [-0.2, 0) is 6.42 Å². The monoisotopic (exact) mass is 285 g/mol. The average Bonchev–Trinajstić information content (AvgIpc) is 2.29. The van der Waals surface area contributed by atoms with Gasteiger partial charge in [-0.1, -0.05) is 31.2 Å². The van der Waals surface area contributed by atoms with Crippen molar-refractivity contribution in [1.29, 1.82) is 0 Å². The summed E-state index contributed by atoms with van der Waals surface area (Å²) >= 11 is 13.8. The van der Waals surface area contributed by atoms with Crippen LogP contribution in [0.2, 0.25) is 0 Å². The van der Waals surface area contributed by atoms with Gasteiger partial charge in [-0.2, -0.15) is 37.9 Å². The maximum Gasteiger partial charge on any atom is 0.00676 e. The first kappa shape index (κ1) is 15.3. The highest BCUT2D eigenvalue weighted by molar-refractivity contribution is 7.82. The van der Waals surface area contributed by atoms with Gasteiger partial charge in [0.2, 0.25) is 0 Å². The molecule has 3 unspecified atom stereocenters. The largest absolute Gasteiger partial charge is 0.176 e. The molecule has 3 atom stereocenters. The van der Waals surface area contributed by atoms with E-state index in [1.54, 1.807) is 0 Å². The summed E-state index contributed by atoms with van der Waals surface area (Å²) in [5.41, 5.74) is 1.32. The van der Waals surface area contributed by atoms with Crippen LogP contribution in [-0.4, -0.2) is 15.7 Å². The number of benzene rings is 1. The Morgan fingerprint density at radius 3 is 2.18 bits per heavy atom. The van der Waals surface area contributed by atoms with Gasteiger partial charge in [-0.15, -0.1) is 0 Å². The molecule has 0 spiro atoms. The third-order valence-electron chi connectivity index (χ3n) is 2.82. The summed E-state index contributed by atoms with van der Waals surface area (Å²) in [7, 11) is 0. The normalized spacial score (nSPS) is 16.5. The predicted octanol–water partition coefficient (Wildman–Crippen LogP) is 4.11. The van der Waals surface area contributed by atoms with E-state index in [9.17, 15) is 0 Å². The van der Waals surface area contributed by atoms with Crippen molar-refractivity contribution < 1.29 is 0 Å². The van der Waals surface area contributed by atoms with Crippen molar-refractivity contribution >= 4 is 37.9 Å². The molecule has 0 aliphatic heterocycles. The van der Waals surface area contributed by atoms with Gasteiger partial charge in [0.1, 0.15) is 0 Å². The summed E-state index contributed by atoms with van der Waals surface area (Å²) < 4.78 is 0. The summed E-state index contributed by atoms with van der Waals surface area (Å²) in [4.78, 5) is 0. The van der Waals surface area contributed by atoms with Gasteiger partial charge in [0.15, 0.2) is 0 Å². The molecule has 95 valence electrons. The highest BCUT2D eigenvalue weighted by Gasteiger charge is 2.13. The summed E-state index contributed by atoms with van der Waals surface area (Å²) in [5, 5.41) is 1.23. The number of thiol groups is 3. The van der Waals surface area contributed by atoms with Gasteiger partial charge < -0.3 is 0 Å². The third-order valence-corrected chi connectivity index (χ3v) is 4.21. The first-order chi connectivity index (χ1) is 8.11. The minimum atomic E-state index is 0.372. The average molecular weight is 286 g/mol. The van der Waals surface area contributed by atoms with Crippen LogP contribution >= 0.6 is 37.9 Å². The Hall–Kier alpha value is 0.270.